The smallest absolute Gasteiger partial charge is 0.313 e. The maximum Gasteiger partial charge on any atom is 0.313 e. The summed E-state index contributed by atoms with van der Waals surface area (Å²) in [6.07, 6.45) is 1.39. The lowest BCUT2D eigenvalue weighted by Crippen LogP contribution is -2.46. The summed E-state index contributed by atoms with van der Waals surface area (Å²) in [5.74, 6) is -6.81. The molecule has 5 nitrogen and oxygen atoms in total. The molecule has 1 heterocycles. The van der Waals surface area contributed by atoms with E-state index in [-0.39, 0.29) is 19.1 Å². The van der Waals surface area contributed by atoms with Crippen molar-refractivity contribution >= 4 is 17.5 Å². The summed E-state index contributed by atoms with van der Waals surface area (Å²) in [4.78, 5) is 25.0. The van der Waals surface area contributed by atoms with Gasteiger partial charge in [0.1, 0.15) is 0 Å². The minimum Gasteiger partial charge on any atom is -0.396 e. The summed E-state index contributed by atoms with van der Waals surface area (Å²) in [6.45, 7) is 0.481. The number of aliphatic hydroxyl groups is 1. The second-order valence-electron chi connectivity index (χ2n) is 5.12. The zero-order valence-electron chi connectivity index (χ0n) is 11.6. The van der Waals surface area contributed by atoms with E-state index in [1.807, 2.05) is 5.32 Å². The van der Waals surface area contributed by atoms with Gasteiger partial charge in [-0.25, -0.2) is 13.2 Å². The van der Waals surface area contributed by atoms with Crippen molar-refractivity contribution in [3.63, 3.8) is 0 Å². The normalized spacial score (nSPS) is 18.2. The number of hydrogen-bond donors (Lipinski definition) is 2. The van der Waals surface area contributed by atoms with Crippen LogP contribution in [0.25, 0.3) is 0 Å². The number of carbonyl (C=O) groups excluding carboxylic acids is 2. The van der Waals surface area contributed by atoms with Gasteiger partial charge >= 0.3 is 11.8 Å². The molecule has 22 heavy (non-hydrogen) atoms. The number of carbonyl (C=O) groups is 2. The molecule has 0 spiro atoms. The number of nitrogens with one attached hydrogen (secondary N) is 1. The number of amides is 2. The van der Waals surface area contributed by atoms with E-state index in [0.29, 0.717) is 19.0 Å². The fourth-order valence-electron chi connectivity index (χ4n) is 2.34. The Balaban J connectivity index is 2.06. The van der Waals surface area contributed by atoms with E-state index in [4.69, 9.17) is 5.11 Å². The number of likely N-dealkylation sites (tertiary alicyclic amines) is 1. The van der Waals surface area contributed by atoms with Gasteiger partial charge in [0.15, 0.2) is 17.5 Å². The van der Waals surface area contributed by atoms with Crippen molar-refractivity contribution < 1.29 is 27.9 Å². The van der Waals surface area contributed by atoms with Crippen LogP contribution in [0.2, 0.25) is 0 Å². The highest BCUT2D eigenvalue weighted by Gasteiger charge is 2.28. The maximum atomic E-state index is 13.5. The number of anilines is 1. The summed E-state index contributed by atoms with van der Waals surface area (Å²) in [6, 6.07) is 1.49. The molecular weight excluding hydrogens is 301 g/mol. The monoisotopic (exact) mass is 316 g/mol. The van der Waals surface area contributed by atoms with Crippen molar-refractivity contribution in [3.8, 4) is 0 Å². The summed E-state index contributed by atoms with van der Waals surface area (Å²) in [5.41, 5.74) is -0.604. The first-order valence-corrected chi connectivity index (χ1v) is 6.78. The molecule has 2 rings (SSSR count). The number of hydrogen-bond acceptors (Lipinski definition) is 3. The number of aliphatic hydroxyl groups excluding tert-OH is 1. The number of rotatable bonds is 2. The Labute approximate surface area is 124 Å². The Morgan fingerprint density at radius 3 is 2.68 bits per heavy atom. The van der Waals surface area contributed by atoms with E-state index in [2.05, 4.69) is 0 Å². The van der Waals surface area contributed by atoms with E-state index in [1.54, 1.807) is 0 Å². The molecule has 1 aromatic rings. The number of nitrogens with zero attached hydrogens (tertiary/aromatic N) is 1. The first kappa shape index (κ1) is 16.3. The quantitative estimate of drug-likeness (QED) is 0.638. The van der Waals surface area contributed by atoms with E-state index in [0.717, 1.165) is 12.5 Å². The number of benzene rings is 1. The molecule has 1 saturated heterocycles. The van der Waals surface area contributed by atoms with Gasteiger partial charge in [0, 0.05) is 19.7 Å². The van der Waals surface area contributed by atoms with Crippen LogP contribution in [0, 0.1) is 23.4 Å². The molecule has 120 valence electrons. The molecule has 0 radical (unpaired) electrons. The second-order valence-corrected chi connectivity index (χ2v) is 5.12. The van der Waals surface area contributed by atoms with Crippen molar-refractivity contribution in [2.75, 3.05) is 25.0 Å². The van der Waals surface area contributed by atoms with Crippen LogP contribution in [0.3, 0.4) is 0 Å². The summed E-state index contributed by atoms with van der Waals surface area (Å²) >= 11 is 0. The van der Waals surface area contributed by atoms with Gasteiger partial charge in [-0.15, -0.1) is 0 Å². The first-order chi connectivity index (χ1) is 10.4. The van der Waals surface area contributed by atoms with Crippen LogP contribution in [-0.4, -0.2) is 41.5 Å². The van der Waals surface area contributed by atoms with Gasteiger partial charge in [-0.3, -0.25) is 9.59 Å². The highest BCUT2D eigenvalue weighted by Crippen LogP contribution is 2.20. The minimum atomic E-state index is -1.72. The molecule has 1 atom stereocenters. The molecule has 1 fully saturated rings. The summed E-state index contributed by atoms with van der Waals surface area (Å²) in [5, 5.41) is 11.0. The first-order valence-electron chi connectivity index (χ1n) is 6.78. The fraction of sp³-hybridized carbons (Fsp3) is 0.429. The van der Waals surface area contributed by atoms with Crippen molar-refractivity contribution in [3.05, 3.63) is 29.6 Å². The Hall–Kier alpha value is -2.09. The van der Waals surface area contributed by atoms with E-state index < -0.39 is 35.0 Å². The zero-order valence-corrected chi connectivity index (χ0v) is 11.6. The molecule has 2 N–H and O–H groups in total. The van der Waals surface area contributed by atoms with Crippen molar-refractivity contribution in [2.45, 2.75) is 12.8 Å². The van der Waals surface area contributed by atoms with Gasteiger partial charge in [0.05, 0.1) is 5.69 Å². The van der Waals surface area contributed by atoms with Gasteiger partial charge in [-0.1, -0.05) is 0 Å². The minimum absolute atomic E-state index is 0.0940. The lowest BCUT2D eigenvalue weighted by atomic mass is 9.99. The predicted octanol–water partition coefficient (Wildman–Crippen LogP) is 1.27. The fourth-order valence-corrected chi connectivity index (χ4v) is 2.34. The third-order valence-corrected chi connectivity index (χ3v) is 3.54. The standard InChI is InChI=1S/C14H15F3N2O3/c15-9-3-4-10(12(17)11(9)16)18-13(21)14(22)19-5-1-2-8(6-19)7-20/h3-4,8,20H,1-2,5-7H2,(H,18,21). The summed E-state index contributed by atoms with van der Waals surface area (Å²) < 4.78 is 39.3. The number of piperidine rings is 1. The van der Waals surface area contributed by atoms with Crippen molar-refractivity contribution in [1.29, 1.82) is 0 Å². The van der Waals surface area contributed by atoms with Crippen LogP contribution >= 0.6 is 0 Å². The highest BCUT2D eigenvalue weighted by molar-refractivity contribution is 6.39. The van der Waals surface area contributed by atoms with E-state index in [1.165, 1.54) is 4.90 Å². The van der Waals surface area contributed by atoms with Crippen LogP contribution in [0.1, 0.15) is 12.8 Å². The Morgan fingerprint density at radius 2 is 2.00 bits per heavy atom. The lowest BCUT2D eigenvalue weighted by Gasteiger charge is -2.31. The molecule has 1 unspecified atom stereocenters. The molecule has 0 bridgehead atoms. The van der Waals surface area contributed by atoms with Gasteiger partial charge in [-0.2, -0.15) is 0 Å². The molecular formula is C14H15F3N2O3. The topological polar surface area (TPSA) is 69.6 Å². The van der Waals surface area contributed by atoms with Gasteiger partial charge in [0.25, 0.3) is 0 Å². The molecule has 1 aliphatic heterocycles. The molecule has 0 aromatic heterocycles. The predicted molar refractivity (Wildman–Crippen MR) is 71.3 cm³/mol. The van der Waals surface area contributed by atoms with Crippen LogP contribution in [0.4, 0.5) is 18.9 Å². The lowest BCUT2D eigenvalue weighted by molar-refractivity contribution is -0.144. The Kier molecular flexibility index (Phi) is 5.02. The van der Waals surface area contributed by atoms with Crippen molar-refractivity contribution in [2.24, 2.45) is 5.92 Å². The van der Waals surface area contributed by atoms with Gasteiger partial charge < -0.3 is 15.3 Å². The Bertz CT molecular complexity index is 595. The van der Waals surface area contributed by atoms with E-state index >= 15 is 0 Å². The average molecular weight is 316 g/mol. The highest BCUT2D eigenvalue weighted by atomic mass is 19.2. The second kappa shape index (κ2) is 6.78. The zero-order chi connectivity index (χ0) is 16.3. The van der Waals surface area contributed by atoms with E-state index in [9.17, 15) is 22.8 Å². The Morgan fingerprint density at radius 1 is 1.27 bits per heavy atom. The van der Waals surface area contributed by atoms with Gasteiger partial charge in [-0.05, 0) is 30.9 Å². The van der Waals surface area contributed by atoms with Crippen LogP contribution in [0.5, 0.6) is 0 Å². The molecule has 1 aliphatic rings. The van der Waals surface area contributed by atoms with Crippen molar-refractivity contribution in [1.82, 2.24) is 4.90 Å². The van der Waals surface area contributed by atoms with Crippen LogP contribution < -0.4 is 5.32 Å². The van der Waals surface area contributed by atoms with Crippen LogP contribution in [0.15, 0.2) is 12.1 Å². The maximum absolute atomic E-state index is 13.5. The van der Waals surface area contributed by atoms with Crippen LogP contribution in [-0.2, 0) is 9.59 Å². The SMILES string of the molecule is O=C(Nc1ccc(F)c(F)c1F)C(=O)N1CCCC(CO)C1. The molecule has 2 amide bonds. The largest absolute Gasteiger partial charge is 0.396 e. The third kappa shape index (κ3) is 3.38. The molecule has 8 heteroatoms. The molecule has 1 aromatic carbocycles. The number of halogens is 3. The van der Waals surface area contributed by atoms with Gasteiger partial charge in [0.2, 0.25) is 0 Å². The summed E-state index contributed by atoms with van der Waals surface area (Å²) in [7, 11) is 0. The molecule has 0 saturated carbocycles. The third-order valence-electron chi connectivity index (χ3n) is 3.54. The average Bonchev–Trinajstić information content (AvgIpc) is 2.54. The molecule has 0 aliphatic carbocycles.